The topological polar surface area (TPSA) is 41.6 Å². The molecule has 0 aromatic heterocycles. The smallest absolute Gasteiger partial charge is 0.223 e. The molecule has 2 aromatic rings. The molecule has 2 fully saturated rings. The lowest BCUT2D eigenvalue weighted by Crippen LogP contribution is -2.42. The summed E-state index contributed by atoms with van der Waals surface area (Å²) in [4.78, 5) is 15.0. The molecule has 1 saturated heterocycles. The number of amides is 1. The third-order valence-electron chi connectivity index (χ3n) is 6.50. The predicted octanol–water partition coefficient (Wildman–Crippen LogP) is 4.28. The van der Waals surface area contributed by atoms with Gasteiger partial charge in [0.2, 0.25) is 5.91 Å². The van der Waals surface area contributed by atoms with Crippen molar-refractivity contribution in [1.82, 2.24) is 10.2 Å². The van der Waals surface area contributed by atoms with E-state index in [1.54, 1.807) is 13.2 Å². The Kier molecular flexibility index (Phi) is 6.04. The van der Waals surface area contributed by atoms with Crippen LogP contribution in [0.5, 0.6) is 5.75 Å². The molecular weight excluding hydrogens is 386 g/mol. The Morgan fingerprint density at radius 1 is 1.13 bits per heavy atom. The fourth-order valence-electron chi connectivity index (χ4n) is 4.76. The van der Waals surface area contributed by atoms with E-state index in [0.29, 0.717) is 24.4 Å². The van der Waals surface area contributed by atoms with Crippen LogP contribution in [0.4, 0.5) is 8.78 Å². The second-order valence-electron chi connectivity index (χ2n) is 8.47. The van der Waals surface area contributed by atoms with E-state index in [2.05, 4.69) is 29.4 Å². The number of nitrogens with one attached hydrogen (secondary N) is 1. The van der Waals surface area contributed by atoms with E-state index in [9.17, 15) is 13.6 Å². The molecule has 2 aliphatic rings. The van der Waals surface area contributed by atoms with Gasteiger partial charge in [-0.2, -0.15) is 0 Å². The molecule has 1 amide bonds. The molecule has 30 heavy (non-hydrogen) atoms. The maximum atomic E-state index is 13.5. The van der Waals surface area contributed by atoms with E-state index in [0.717, 1.165) is 31.2 Å². The van der Waals surface area contributed by atoms with Crippen LogP contribution in [0.15, 0.2) is 42.5 Å². The van der Waals surface area contributed by atoms with Gasteiger partial charge in [0.1, 0.15) is 5.75 Å². The highest BCUT2D eigenvalue weighted by Crippen LogP contribution is 2.48. The van der Waals surface area contributed by atoms with Crippen molar-refractivity contribution in [1.29, 1.82) is 0 Å². The van der Waals surface area contributed by atoms with Crippen LogP contribution in [0.3, 0.4) is 0 Å². The van der Waals surface area contributed by atoms with Crippen LogP contribution in [0.25, 0.3) is 0 Å². The monoisotopic (exact) mass is 414 g/mol. The van der Waals surface area contributed by atoms with E-state index < -0.39 is 11.6 Å². The summed E-state index contributed by atoms with van der Waals surface area (Å²) in [7, 11) is 3.79. The van der Waals surface area contributed by atoms with Crippen molar-refractivity contribution in [2.45, 2.75) is 31.2 Å². The van der Waals surface area contributed by atoms with Crippen molar-refractivity contribution in [3.63, 3.8) is 0 Å². The van der Waals surface area contributed by atoms with Crippen LogP contribution in [-0.4, -0.2) is 38.1 Å². The first kappa shape index (κ1) is 20.8. The Morgan fingerprint density at radius 2 is 1.87 bits per heavy atom. The molecule has 1 heterocycles. The zero-order chi connectivity index (χ0) is 21.3. The Morgan fingerprint density at radius 3 is 2.57 bits per heavy atom. The molecule has 160 valence electrons. The van der Waals surface area contributed by atoms with Gasteiger partial charge in [-0.25, -0.2) is 8.78 Å². The van der Waals surface area contributed by atoms with Crippen LogP contribution in [0.1, 0.15) is 42.3 Å². The number of piperidine rings is 1. The first-order valence-corrected chi connectivity index (χ1v) is 10.5. The molecular formula is C24H28F2N2O2. The Balaban J connectivity index is 1.37. The van der Waals surface area contributed by atoms with Gasteiger partial charge in [-0.1, -0.05) is 18.2 Å². The standard InChI is InChI=1S/C24H28F2N2O2/c1-28-11-3-4-17(23(28)15-5-8-18(30-2)9-6-15)14-27-24(29)20-13-19(20)16-7-10-21(25)22(26)12-16/h5-10,12,17,19-20,23H,3-4,11,13-14H2,1-2H3,(H,27,29). The van der Waals surface area contributed by atoms with E-state index in [4.69, 9.17) is 4.74 Å². The summed E-state index contributed by atoms with van der Waals surface area (Å²) in [6.45, 7) is 1.64. The van der Waals surface area contributed by atoms with Crippen LogP contribution >= 0.6 is 0 Å². The summed E-state index contributed by atoms with van der Waals surface area (Å²) < 4.78 is 31.9. The summed E-state index contributed by atoms with van der Waals surface area (Å²) in [6, 6.07) is 12.3. The summed E-state index contributed by atoms with van der Waals surface area (Å²) in [5.41, 5.74) is 1.92. The molecule has 1 aliphatic carbocycles. The number of carbonyl (C=O) groups excluding carboxylic acids is 1. The summed E-state index contributed by atoms with van der Waals surface area (Å²) in [5, 5.41) is 3.12. The fourth-order valence-corrected chi connectivity index (χ4v) is 4.76. The Hall–Kier alpha value is -2.47. The third kappa shape index (κ3) is 4.33. The molecule has 6 heteroatoms. The largest absolute Gasteiger partial charge is 0.497 e. The molecule has 0 bridgehead atoms. The Bertz CT molecular complexity index is 903. The highest BCUT2D eigenvalue weighted by atomic mass is 19.2. The summed E-state index contributed by atoms with van der Waals surface area (Å²) in [6.07, 6.45) is 2.84. The molecule has 2 aromatic carbocycles. The number of halogens is 2. The van der Waals surface area contributed by atoms with Gasteiger partial charge in [-0.05, 0) is 80.1 Å². The van der Waals surface area contributed by atoms with Gasteiger partial charge in [0.25, 0.3) is 0 Å². The van der Waals surface area contributed by atoms with E-state index in [-0.39, 0.29) is 23.8 Å². The van der Waals surface area contributed by atoms with Crippen molar-refractivity contribution in [2.24, 2.45) is 11.8 Å². The van der Waals surface area contributed by atoms with Crippen molar-refractivity contribution in [3.05, 3.63) is 65.2 Å². The highest BCUT2D eigenvalue weighted by Gasteiger charge is 2.44. The minimum atomic E-state index is -0.855. The fraction of sp³-hybridized carbons (Fsp3) is 0.458. The number of likely N-dealkylation sites (tertiary alicyclic amines) is 1. The lowest BCUT2D eigenvalue weighted by molar-refractivity contribution is -0.122. The minimum Gasteiger partial charge on any atom is -0.497 e. The van der Waals surface area contributed by atoms with E-state index >= 15 is 0 Å². The van der Waals surface area contributed by atoms with Gasteiger partial charge < -0.3 is 10.1 Å². The van der Waals surface area contributed by atoms with E-state index in [1.807, 2.05) is 12.1 Å². The average Bonchev–Trinajstić information content (AvgIpc) is 3.55. The Labute approximate surface area is 176 Å². The van der Waals surface area contributed by atoms with Gasteiger partial charge >= 0.3 is 0 Å². The molecule has 1 saturated carbocycles. The number of hydrogen-bond donors (Lipinski definition) is 1. The van der Waals surface area contributed by atoms with Crippen molar-refractivity contribution < 1.29 is 18.3 Å². The zero-order valence-electron chi connectivity index (χ0n) is 17.4. The number of methoxy groups -OCH3 is 1. The zero-order valence-corrected chi connectivity index (χ0v) is 17.4. The lowest BCUT2D eigenvalue weighted by Gasteiger charge is -2.39. The number of rotatable bonds is 6. The van der Waals surface area contributed by atoms with Crippen molar-refractivity contribution in [2.75, 3.05) is 27.2 Å². The molecule has 1 N–H and O–H groups in total. The van der Waals surface area contributed by atoms with E-state index in [1.165, 1.54) is 11.6 Å². The quantitative estimate of drug-likeness (QED) is 0.767. The van der Waals surface area contributed by atoms with Gasteiger partial charge in [0.15, 0.2) is 11.6 Å². The molecule has 4 nitrogen and oxygen atoms in total. The minimum absolute atomic E-state index is 0.00596. The number of carbonyl (C=O) groups is 1. The van der Waals surface area contributed by atoms with Crippen molar-refractivity contribution >= 4 is 5.91 Å². The summed E-state index contributed by atoms with van der Waals surface area (Å²) >= 11 is 0. The molecule has 0 radical (unpaired) electrons. The van der Waals surface area contributed by atoms with Crippen LogP contribution in [0.2, 0.25) is 0 Å². The van der Waals surface area contributed by atoms with Gasteiger partial charge in [-0.15, -0.1) is 0 Å². The van der Waals surface area contributed by atoms with Gasteiger partial charge in [0, 0.05) is 18.5 Å². The second-order valence-corrected chi connectivity index (χ2v) is 8.47. The number of hydrogen-bond acceptors (Lipinski definition) is 3. The maximum absolute atomic E-state index is 13.5. The van der Waals surface area contributed by atoms with Gasteiger partial charge in [-0.3, -0.25) is 9.69 Å². The van der Waals surface area contributed by atoms with Crippen LogP contribution in [0, 0.1) is 23.5 Å². The van der Waals surface area contributed by atoms with Crippen LogP contribution in [-0.2, 0) is 4.79 Å². The van der Waals surface area contributed by atoms with Crippen molar-refractivity contribution in [3.8, 4) is 5.75 Å². The number of ether oxygens (including phenoxy) is 1. The average molecular weight is 414 g/mol. The number of benzene rings is 2. The molecule has 4 atom stereocenters. The summed E-state index contributed by atoms with van der Waals surface area (Å²) in [5.74, 6) is -0.730. The lowest BCUT2D eigenvalue weighted by atomic mass is 9.85. The van der Waals surface area contributed by atoms with Gasteiger partial charge in [0.05, 0.1) is 7.11 Å². The molecule has 4 unspecified atom stereocenters. The molecule has 4 rings (SSSR count). The highest BCUT2D eigenvalue weighted by molar-refractivity contribution is 5.82. The normalized spacial score (nSPS) is 26.3. The first-order chi connectivity index (χ1) is 14.5. The van der Waals surface area contributed by atoms with Crippen LogP contribution < -0.4 is 10.1 Å². The SMILES string of the molecule is COc1ccc(C2C(CNC(=O)C3CC3c3ccc(F)c(F)c3)CCCN2C)cc1. The number of nitrogens with zero attached hydrogens (tertiary/aromatic N) is 1. The molecule has 1 aliphatic heterocycles. The molecule has 0 spiro atoms. The maximum Gasteiger partial charge on any atom is 0.223 e. The first-order valence-electron chi connectivity index (χ1n) is 10.5. The second kappa shape index (κ2) is 8.72. The third-order valence-corrected chi connectivity index (χ3v) is 6.50. The predicted molar refractivity (Wildman–Crippen MR) is 111 cm³/mol.